The van der Waals surface area contributed by atoms with E-state index in [0.29, 0.717) is 13.0 Å². The lowest BCUT2D eigenvalue weighted by Gasteiger charge is -2.33. The molecule has 0 radical (unpaired) electrons. The maximum atomic E-state index is 13.8. The fraction of sp³-hybridized carbons (Fsp3) is 0.300. The van der Waals surface area contributed by atoms with Crippen LogP contribution in [0.3, 0.4) is 0 Å². The van der Waals surface area contributed by atoms with Crippen molar-refractivity contribution in [2.45, 2.75) is 31.1 Å². The van der Waals surface area contributed by atoms with Gasteiger partial charge in [0, 0.05) is 17.8 Å². The highest BCUT2D eigenvalue weighted by Crippen LogP contribution is 2.46. The number of halogens is 4. The lowest BCUT2D eigenvalue weighted by molar-refractivity contribution is -0.173. The molecular formula is C20H18BrF3N4OS. The molecule has 0 saturated heterocycles. The monoisotopic (exact) mass is 498 g/mol. The summed E-state index contributed by atoms with van der Waals surface area (Å²) < 4.78 is 42.4. The fourth-order valence-electron chi connectivity index (χ4n) is 3.46. The van der Waals surface area contributed by atoms with Crippen LogP contribution in [0, 0.1) is 0 Å². The molecule has 0 bridgehead atoms. The van der Waals surface area contributed by atoms with Crippen molar-refractivity contribution < 1.29 is 18.0 Å². The first-order chi connectivity index (χ1) is 14.3. The third-order valence-electron chi connectivity index (χ3n) is 4.94. The van der Waals surface area contributed by atoms with E-state index in [9.17, 15) is 18.0 Å². The minimum atomic E-state index is -4.49. The van der Waals surface area contributed by atoms with Crippen molar-refractivity contribution >= 4 is 39.0 Å². The number of hydrogen-bond donors (Lipinski definition) is 2. The van der Waals surface area contributed by atoms with Gasteiger partial charge in [-0.3, -0.25) is 4.79 Å². The molecule has 5 nitrogen and oxygen atoms in total. The van der Waals surface area contributed by atoms with Gasteiger partial charge in [0.05, 0.1) is 10.5 Å². The molecule has 4 rings (SSSR count). The van der Waals surface area contributed by atoms with Crippen LogP contribution >= 0.6 is 27.3 Å². The molecule has 0 spiro atoms. The Morgan fingerprint density at radius 2 is 2.03 bits per heavy atom. The van der Waals surface area contributed by atoms with E-state index in [-0.39, 0.29) is 22.4 Å². The van der Waals surface area contributed by atoms with Crippen LogP contribution in [-0.2, 0) is 6.42 Å². The molecule has 0 aliphatic carbocycles. The average Bonchev–Trinajstić information content (AvgIpc) is 3.36. The normalized spacial score (nSPS) is 18.5. The number of carbonyl (C=O) groups excluding carboxylic acids is 1. The van der Waals surface area contributed by atoms with Crippen molar-refractivity contribution in [1.82, 2.24) is 15.1 Å². The number of carbonyl (C=O) groups is 1. The van der Waals surface area contributed by atoms with Gasteiger partial charge in [0.25, 0.3) is 5.91 Å². The summed E-state index contributed by atoms with van der Waals surface area (Å²) in [6.45, 7) is 0.353. The summed E-state index contributed by atoms with van der Waals surface area (Å²) in [7, 11) is 0. The van der Waals surface area contributed by atoms with E-state index >= 15 is 0 Å². The van der Waals surface area contributed by atoms with Crippen LogP contribution < -0.4 is 10.6 Å². The van der Waals surface area contributed by atoms with Crippen molar-refractivity contribution in [3.8, 4) is 0 Å². The minimum Gasteiger partial charge on any atom is -0.362 e. The molecular weight excluding hydrogens is 481 g/mol. The van der Waals surface area contributed by atoms with Crippen molar-refractivity contribution in [2.75, 3.05) is 11.9 Å². The standard InChI is InChI=1S/C20H18BrF3N4OS/c21-16-17(19(29)25-9-8-12-5-2-1-3-6-12)27-28-15(20(22,23)24)11-13(26-18(16)28)14-7-4-10-30-14/h1-7,10,13,15,26H,8-9,11H2,(H,25,29)/t13-,15+/m0/s1. The molecule has 1 aliphatic heterocycles. The molecule has 0 saturated carbocycles. The highest BCUT2D eigenvalue weighted by atomic mass is 79.9. The van der Waals surface area contributed by atoms with Gasteiger partial charge in [0.1, 0.15) is 5.82 Å². The molecule has 0 fully saturated rings. The van der Waals surface area contributed by atoms with Crippen LogP contribution in [0.4, 0.5) is 19.0 Å². The van der Waals surface area contributed by atoms with E-state index in [2.05, 4.69) is 31.7 Å². The average molecular weight is 499 g/mol. The van der Waals surface area contributed by atoms with E-state index in [0.717, 1.165) is 15.1 Å². The summed E-state index contributed by atoms with van der Waals surface area (Å²) >= 11 is 4.68. The third kappa shape index (κ3) is 4.24. The lowest BCUT2D eigenvalue weighted by Crippen LogP contribution is -2.35. The van der Waals surface area contributed by atoms with E-state index in [1.165, 1.54) is 11.3 Å². The summed E-state index contributed by atoms with van der Waals surface area (Å²) in [5, 5.41) is 11.7. The largest absolute Gasteiger partial charge is 0.410 e. The fourth-order valence-corrected chi connectivity index (χ4v) is 4.81. The highest BCUT2D eigenvalue weighted by molar-refractivity contribution is 9.10. The van der Waals surface area contributed by atoms with Crippen LogP contribution in [0.1, 0.15) is 39.4 Å². The van der Waals surface area contributed by atoms with Gasteiger partial charge in [-0.1, -0.05) is 36.4 Å². The SMILES string of the molecule is O=C(NCCc1ccccc1)c1nn2c(c1Br)N[C@H](c1cccs1)C[C@@H]2C(F)(F)F. The molecule has 3 heterocycles. The van der Waals surface area contributed by atoms with Gasteiger partial charge in [-0.2, -0.15) is 18.3 Å². The summed E-state index contributed by atoms with van der Waals surface area (Å²) in [5.41, 5.74) is 0.991. The number of thiophene rings is 1. The second-order valence-electron chi connectivity index (χ2n) is 6.95. The molecule has 2 N–H and O–H groups in total. The summed E-state index contributed by atoms with van der Waals surface area (Å²) in [6.07, 6.45) is -4.07. The Hall–Kier alpha value is -2.33. The molecule has 30 heavy (non-hydrogen) atoms. The van der Waals surface area contributed by atoms with Crippen molar-refractivity contribution in [1.29, 1.82) is 0 Å². The number of benzene rings is 1. The Bertz CT molecular complexity index is 1020. The number of aromatic nitrogens is 2. The highest BCUT2D eigenvalue weighted by Gasteiger charge is 2.47. The van der Waals surface area contributed by atoms with Gasteiger partial charge in [0.2, 0.25) is 0 Å². The summed E-state index contributed by atoms with van der Waals surface area (Å²) in [4.78, 5) is 13.4. The predicted octanol–water partition coefficient (Wildman–Crippen LogP) is 5.34. The van der Waals surface area contributed by atoms with Crippen molar-refractivity contribution in [3.05, 3.63) is 68.5 Å². The second-order valence-corrected chi connectivity index (χ2v) is 8.72. The molecule has 2 atom stereocenters. The molecule has 2 aromatic heterocycles. The molecule has 10 heteroatoms. The topological polar surface area (TPSA) is 59.0 Å². The second kappa shape index (κ2) is 8.43. The van der Waals surface area contributed by atoms with E-state index < -0.39 is 24.2 Å². The summed E-state index contributed by atoms with van der Waals surface area (Å²) in [6, 6.07) is 10.9. The quantitative estimate of drug-likeness (QED) is 0.499. The van der Waals surface area contributed by atoms with Gasteiger partial charge in [-0.25, -0.2) is 4.68 Å². The zero-order valence-corrected chi connectivity index (χ0v) is 18.0. The van der Waals surface area contributed by atoms with Crippen LogP contribution in [0.5, 0.6) is 0 Å². The molecule has 3 aromatic rings. The van der Waals surface area contributed by atoms with E-state index in [1.54, 1.807) is 12.1 Å². The maximum absolute atomic E-state index is 13.8. The zero-order chi connectivity index (χ0) is 21.3. The number of nitrogens with zero attached hydrogens (tertiary/aromatic N) is 2. The predicted molar refractivity (Wildman–Crippen MR) is 113 cm³/mol. The van der Waals surface area contributed by atoms with Crippen molar-refractivity contribution in [2.24, 2.45) is 0 Å². The number of rotatable bonds is 5. The van der Waals surface area contributed by atoms with Crippen LogP contribution in [0.2, 0.25) is 0 Å². The lowest BCUT2D eigenvalue weighted by atomic mass is 10.0. The molecule has 1 aliphatic rings. The summed E-state index contributed by atoms with van der Waals surface area (Å²) in [5.74, 6) is -0.356. The first kappa shape index (κ1) is 20.9. The first-order valence-electron chi connectivity index (χ1n) is 9.31. The van der Waals surface area contributed by atoms with Gasteiger partial charge < -0.3 is 10.6 Å². The Kier molecular flexibility index (Phi) is 5.88. The Morgan fingerprint density at radius 3 is 2.70 bits per heavy atom. The number of fused-ring (bicyclic) bond motifs is 1. The van der Waals surface area contributed by atoms with Crippen LogP contribution in [0.15, 0.2) is 52.3 Å². The van der Waals surface area contributed by atoms with Gasteiger partial charge >= 0.3 is 6.18 Å². The third-order valence-corrected chi connectivity index (χ3v) is 6.68. The number of amides is 1. The van der Waals surface area contributed by atoms with Crippen molar-refractivity contribution in [3.63, 3.8) is 0 Å². The molecule has 1 aromatic carbocycles. The Labute approximate surface area is 183 Å². The van der Waals surface area contributed by atoms with Gasteiger partial charge in [-0.05, 0) is 39.4 Å². The van der Waals surface area contributed by atoms with Crippen LogP contribution in [-0.4, -0.2) is 28.4 Å². The Morgan fingerprint density at radius 1 is 1.27 bits per heavy atom. The smallest absolute Gasteiger partial charge is 0.362 e. The number of anilines is 1. The molecule has 158 valence electrons. The van der Waals surface area contributed by atoms with E-state index in [1.807, 2.05) is 35.7 Å². The first-order valence-corrected chi connectivity index (χ1v) is 11.0. The number of nitrogens with one attached hydrogen (secondary N) is 2. The zero-order valence-electron chi connectivity index (χ0n) is 15.6. The number of hydrogen-bond acceptors (Lipinski definition) is 4. The van der Waals surface area contributed by atoms with Crippen LogP contribution in [0.25, 0.3) is 0 Å². The van der Waals surface area contributed by atoms with Gasteiger partial charge in [0.15, 0.2) is 11.7 Å². The molecule has 0 unspecified atom stereocenters. The maximum Gasteiger partial charge on any atom is 0.410 e. The Balaban J connectivity index is 1.56. The minimum absolute atomic E-state index is 0.0633. The molecule has 1 amide bonds. The van der Waals surface area contributed by atoms with E-state index in [4.69, 9.17) is 0 Å². The van der Waals surface area contributed by atoms with Gasteiger partial charge in [-0.15, -0.1) is 11.3 Å². The number of alkyl halides is 3.